The average Bonchev–Trinajstić information content (AvgIpc) is 3.03. The molecule has 0 spiro atoms. The minimum Gasteiger partial charge on any atom is -0.381 e. The molecule has 1 aromatic heterocycles. The predicted octanol–water partition coefficient (Wildman–Crippen LogP) is 1.65. The van der Waals surface area contributed by atoms with E-state index in [9.17, 15) is 8.42 Å². The maximum absolute atomic E-state index is 12.6. The second-order valence-electron chi connectivity index (χ2n) is 6.52. The smallest absolute Gasteiger partial charge is 0.245 e. The first-order chi connectivity index (χ1) is 10.8. The zero-order chi connectivity index (χ0) is 17.0. The third-order valence-electron chi connectivity index (χ3n) is 4.48. The van der Waals surface area contributed by atoms with E-state index in [4.69, 9.17) is 10.5 Å². The van der Waals surface area contributed by atoms with Gasteiger partial charge in [-0.3, -0.25) is 4.68 Å². The van der Waals surface area contributed by atoms with E-state index in [1.165, 1.54) is 10.5 Å². The van der Waals surface area contributed by atoms with Crippen LogP contribution in [0, 0.1) is 5.92 Å². The number of nitrogens with two attached hydrogens (primary N) is 1. The molecule has 1 unspecified atom stereocenters. The molecule has 2 N–H and O–H groups in total. The Balaban J connectivity index is 0.00000288. The van der Waals surface area contributed by atoms with Gasteiger partial charge >= 0.3 is 0 Å². The van der Waals surface area contributed by atoms with E-state index in [1.54, 1.807) is 17.9 Å². The van der Waals surface area contributed by atoms with E-state index >= 15 is 0 Å². The largest absolute Gasteiger partial charge is 0.381 e. The van der Waals surface area contributed by atoms with Crippen molar-refractivity contribution in [1.82, 2.24) is 14.1 Å². The quantitative estimate of drug-likeness (QED) is 0.776. The summed E-state index contributed by atoms with van der Waals surface area (Å²) in [6.45, 7) is 5.87. The molecule has 1 saturated heterocycles. The molecule has 0 radical (unpaired) electrons. The summed E-state index contributed by atoms with van der Waals surface area (Å²) < 4.78 is 33.7. The minimum atomic E-state index is -3.51. The summed E-state index contributed by atoms with van der Waals surface area (Å²) in [5.41, 5.74) is 6.00. The molecule has 9 heteroatoms. The van der Waals surface area contributed by atoms with Gasteiger partial charge in [0.05, 0.1) is 12.2 Å². The van der Waals surface area contributed by atoms with E-state index in [1.807, 2.05) is 13.8 Å². The molecule has 0 amide bonds. The topological polar surface area (TPSA) is 90.5 Å². The first-order valence-electron chi connectivity index (χ1n) is 8.16. The van der Waals surface area contributed by atoms with Gasteiger partial charge in [-0.05, 0) is 25.2 Å². The van der Waals surface area contributed by atoms with E-state index in [0.29, 0.717) is 32.1 Å². The van der Waals surface area contributed by atoms with Crippen LogP contribution in [0.25, 0.3) is 0 Å². The highest BCUT2D eigenvalue weighted by Crippen LogP contribution is 2.22. The van der Waals surface area contributed by atoms with Crippen LogP contribution in [0.5, 0.6) is 0 Å². The summed E-state index contributed by atoms with van der Waals surface area (Å²) in [7, 11) is -1.92. The highest BCUT2D eigenvalue weighted by atomic mass is 35.5. The van der Waals surface area contributed by atoms with Gasteiger partial charge in [-0.1, -0.05) is 13.8 Å². The monoisotopic (exact) mass is 380 g/mol. The number of aromatic nitrogens is 2. The van der Waals surface area contributed by atoms with Crippen molar-refractivity contribution in [3.05, 3.63) is 12.4 Å². The van der Waals surface area contributed by atoms with Gasteiger partial charge in [0.1, 0.15) is 4.90 Å². The first kappa shape index (κ1) is 21.4. The Morgan fingerprint density at radius 1 is 1.42 bits per heavy atom. The molecule has 1 aromatic rings. The fourth-order valence-electron chi connectivity index (χ4n) is 2.57. The van der Waals surface area contributed by atoms with Crippen molar-refractivity contribution in [2.45, 2.75) is 50.1 Å². The van der Waals surface area contributed by atoms with Crippen LogP contribution in [-0.4, -0.2) is 55.4 Å². The van der Waals surface area contributed by atoms with E-state index in [-0.39, 0.29) is 29.4 Å². The lowest BCUT2D eigenvalue weighted by Crippen LogP contribution is -2.34. The molecule has 24 heavy (non-hydrogen) atoms. The van der Waals surface area contributed by atoms with Gasteiger partial charge < -0.3 is 10.5 Å². The van der Waals surface area contributed by atoms with Crippen molar-refractivity contribution in [2.24, 2.45) is 11.7 Å². The van der Waals surface area contributed by atoms with Gasteiger partial charge in [0.25, 0.3) is 0 Å². The molecular weight excluding hydrogens is 352 g/mol. The van der Waals surface area contributed by atoms with Gasteiger partial charge in [-0.15, -0.1) is 12.4 Å². The second-order valence-corrected chi connectivity index (χ2v) is 8.57. The fourth-order valence-corrected chi connectivity index (χ4v) is 3.69. The Bertz CT molecular complexity index is 600. The van der Waals surface area contributed by atoms with Crippen molar-refractivity contribution >= 4 is 22.4 Å². The van der Waals surface area contributed by atoms with Crippen LogP contribution in [0.15, 0.2) is 17.3 Å². The summed E-state index contributed by atoms with van der Waals surface area (Å²) >= 11 is 0. The molecule has 140 valence electrons. The molecule has 7 nitrogen and oxygen atoms in total. The van der Waals surface area contributed by atoms with Gasteiger partial charge in [-0.25, -0.2) is 12.7 Å². The fraction of sp³-hybridized carbons (Fsp3) is 0.800. The van der Waals surface area contributed by atoms with Crippen LogP contribution in [0.2, 0.25) is 0 Å². The lowest BCUT2D eigenvalue weighted by atomic mass is 10.0. The molecule has 1 atom stereocenters. The summed E-state index contributed by atoms with van der Waals surface area (Å²) in [6.07, 6.45) is 5.43. The van der Waals surface area contributed by atoms with Crippen molar-refractivity contribution in [1.29, 1.82) is 0 Å². The molecule has 0 aliphatic carbocycles. The summed E-state index contributed by atoms with van der Waals surface area (Å²) in [5.74, 6) is 0.336. The molecular formula is C15H29ClN4O3S. The van der Waals surface area contributed by atoms with E-state index < -0.39 is 10.0 Å². The van der Waals surface area contributed by atoms with Gasteiger partial charge in [0.15, 0.2) is 0 Å². The molecule has 1 aliphatic heterocycles. The van der Waals surface area contributed by atoms with Crippen LogP contribution in [-0.2, 0) is 14.8 Å². The van der Waals surface area contributed by atoms with Crippen LogP contribution >= 0.6 is 12.4 Å². The number of sulfonamides is 1. The van der Waals surface area contributed by atoms with Crippen LogP contribution in [0.3, 0.4) is 0 Å². The number of hydrogen-bond acceptors (Lipinski definition) is 5. The number of hydrogen-bond donors (Lipinski definition) is 1. The van der Waals surface area contributed by atoms with Gasteiger partial charge in [0.2, 0.25) is 10.0 Å². The maximum atomic E-state index is 12.6. The van der Waals surface area contributed by atoms with Crippen LogP contribution in [0.4, 0.5) is 0 Å². The molecule has 2 heterocycles. The number of halogens is 1. The molecule has 0 aromatic carbocycles. The molecule has 0 bridgehead atoms. The van der Waals surface area contributed by atoms with E-state index in [0.717, 1.165) is 12.8 Å². The van der Waals surface area contributed by atoms with Crippen LogP contribution < -0.4 is 5.73 Å². The Morgan fingerprint density at radius 2 is 2.04 bits per heavy atom. The number of ether oxygens (including phenoxy) is 1. The van der Waals surface area contributed by atoms with Gasteiger partial charge in [-0.2, -0.15) is 5.10 Å². The zero-order valence-electron chi connectivity index (χ0n) is 14.6. The molecule has 1 fully saturated rings. The Kier molecular flexibility index (Phi) is 8.14. The lowest BCUT2D eigenvalue weighted by Gasteiger charge is -2.22. The van der Waals surface area contributed by atoms with Crippen molar-refractivity contribution in [3.63, 3.8) is 0 Å². The predicted molar refractivity (Wildman–Crippen MR) is 95.8 cm³/mol. The summed E-state index contributed by atoms with van der Waals surface area (Å²) in [5, 5.41) is 4.24. The Morgan fingerprint density at radius 3 is 2.62 bits per heavy atom. The molecule has 1 aliphatic rings. The highest BCUT2D eigenvalue weighted by molar-refractivity contribution is 7.89. The highest BCUT2D eigenvalue weighted by Gasteiger charge is 2.25. The van der Waals surface area contributed by atoms with Gasteiger partial charge in [0, 0.05) is 39.0 Å². The number of nitrogens with zero attached hydrogens (tertiary/aromatic N) is 3. The third kappa shape index (κ3) is 5.16. The second kappa shape index (κ2) is 9.15. The van der Waals surface area contributed by atoms with Crippen molar-refractivity contribution in [2.75, 3.05) is 26.8 Å². The SMILES string of the molecule is CC(C)C(N)CCN(C)S(=O)(=O)c1cnn(C2CCOCC2)c1.Cl. The summed E-state index contributed by atoms with van der Waals surface area (Å²) in [4.78, 5) is 0.240. The summed E-state index contributed by atoms with van der Waals surface area (Å²) in [6, 6.07) is 0.213. The zero-order valence-corrected chi connectivity index (χ0v) is 16.2. The van der Waals surface area contributed by atoms with Crippen LogP contribution in [0.1, 0.15) is 39.2 Å². The third-order valence-corrected chi connectivity index (χ3v) is 6.29. The van der Waals surface area contributed by atoms with Crippen molar-refractivity contribution < 1.29 is 13.2 Å². The Labute approximate surface area is 151 Å². The Hall–Kier alpha value is -0.670. The van der Waals surface area contributed by atoms with E-state index in [2.05, 4.69) is 5.10 Å². The standard InChI is InChI=1S/C15H28N4O3S.ClH/c1-12(2)15(16)4-7-18(3)23(20,21)14-10-17-19(11-14)13-5-8-22-9-6-13;/h10-13,15H,4-9,16H2,1-3H3;1H. The lowest BCUT2D eigenvalue weighted by molar-refractivity contribution is 0.0662. The number of rotatable bonds is 7. The molecule has 2 rings (SSSR count). The normalized spacial score (nSPS) is 17.9. The average molecular weight is 381 g/mol. The first-order valence-corrected chi connectivity index (χ1v) is 9.60. The van der Waals surface area contributed by atoms with Crippen molar-refractivity contribution in [3.8, 4) is 0 Å². The molecule has 0 saturated carbocycles. The maximum Gasteiger partial charge on any atom is 0.245 e. The minimum absolute atomic E-state index is 0.